The summed E-state index contributed by atoms with van der Waals surface area (Å²) in [4.78, 5) is 14.1. The first kappa shape index (κ1) is 13.9. The molecule has 1 unspecified atom stereocenters. The van der Waals surface area contributed by atoms with Crippen molar-refractivity contribution in [2.24, 2.45) is 0 Å². The van der Waals surface area contributed by atoms with Gasteiger partial charge in [-0.05, 0) is 50.3 Å². The number of likely N-dealkylation sites (tertiary alicyclic amines) is 1. The molecule has 0 N–H and O–H groups in total. The second kappa shape index (κ2) is 6.60. The Kier molecular flexibility index (Phi) is 4.83. The highest BCUT2D eigenvalue weighted by Gasteiger charge is 2.23. The number of ether oxygens (including phenoxy) is 1. The van der Waals surface area contributed by atoms with Gasteiger partial charge in [-0.25, -0.2) is 0 Å². The fourth-order valence-corrected chi connectivity index (χ4v) is 2.55. The van der Waals surface area contributed by atoms with Gasteiger partial charge in [-0.2, -0.15) is 0 Å². The van der Waals surface area contributed by atoms with Gasteiger partial charge in [0.1, 0.15) is 5.75 Å². The average Bonchev–Trinajstić information content (AvgIpc) is 2.45. The molecule has 1 fully saturated rings. The number of rotatable bonds is 4. The molecule has 0 spiro atoms. The Morgan fingerprint density at radius 2 is 2.26 bits per heavy atom. The molecular weight excluding hydrogens is 238 g/mol. The number of benzene rings is 1. The predicted octanol–water partition coefficient (Wildman–Crippen LogP) is 3.03. The zero-order chi connectivity index (χ0) is 13.7. The first-order valence-corrected chi connectivity index (χ1v) is 7.22. The second-order valence-corrected chi connectivity index (χ2v) is 5.22. The summed E-state index contributed by atoms with van der Waals surface area (Å²) in [7, 11) is 0. The highest BCUT2D eigenvalue weighted by molar-refractivity contribution is 5.78. The van der Waals surface area contributed by atoms with E-state index in [0.29, 0.717) is 6.04 Å². The lowest BCUT2D eigenvalue weighted by atomic mass is 10.0. The molecule has 19 heavy (non-hydrogen) atoms. The van der Waals surface area contributed by atoms with E-state index in [1.807, 2.05) is 23.1 Å². The van der Waals surface area contributed by atoms with Crippen LogP contribution < -0.4 is 4.74 Å². The second-order valence-electron chi connectivity index (χ2n) is 5.22. The van der Waals surface area contributed by atoms with Crippen LogP contribution in [0.4, 0.5) is 0 Å². The molecule has 3 heteroatoms. The maximum absolute atomic E-state index is 12.1. The number of carbonyl (C=O) groups is 1. The Hall–Kier alpha value is -1.51. The molecule has 1 aromatic rings. The third-order valence-corrected chi connectivity index (χ3v) is 3.79. The van der Waals surface area contributed by atoms with E-state index in [-0.39, 0.29) is 12.5 Å². The van der Waals surface area contributed by atoms with E-state index in [1.54, 1.807) is 0 Å². The van der Waals surface area contributed by atoms with Gasteiger partial charge in [0, 0.05) is 12.6 Å². The van der Waals surface area contributed by atoms with Crippen LogP contribution in [-0.4, -0.2) is 30.0 Å². The molecule has 1 heterocycles. The van der Waals surface area contributed by atoms with Gasteiger partial charge in [0.05, 0.1) is 0 Å². The molecule has 0 aliphatic carbocycles. The van der Waals surface area contributed by atoms with Crippen LogP contribution in [0.5, 0.6) is 5.75 Å². The number of hydrogen-bond acceptors (Lipinski definition) is 2. The summed E-state index contributed by atoms with van der Waals surface area (Å²) >= 11 is 0. The molecule has 1 saturated heterocycles. The fraction of sp³-hybridized carbons (Fsp3) is 0.562. The number of amides is 1. The van der Waals surface area contributed by atoms with Crippen molar-refractivity contribution in [3.63, 3.8) is 0 Å². The van der Waals surface area contributed by atoms with Gasteiger partial charge in [-0.1, -0.05) is 19.1 Å². The van der Waals surface area contributed by atoms with Crippen molar-refractivity contribution in [2.45, 2.75) is 45.6 Å². The third-order valence-electron chi connectivity index (χ3n) is 3.79. The average molecular weight is 261 g/mol. The Labute approximate surface area is 115 Å². The molecule has 3 nitrogen and oxygen atoms in total. The molecule has 1 atom stereocenters. The van der Waals surface area contributed by atoms with E-state index in [0.717, 1.165) is 31.6 Å². The minimum absolute atomic E-state index is 0.106. The highest BCUT2D eigenvalue weighted by Crippen LogP contribution is 2.18. The summed E-state index contributed by atoms with van der Waals surface area (Å²) < 4.78 is 5.62. The maximum Gasteiger partial charge on any atom is 0.260 e. The smallest absolute Gasteiger partial charge is 0.260 e. The molecular formula is C16H23NO2. The number of aryl methyl sites for hydroxylation is 1. The van der Waals surface area contributed by atoms with Gasteiger partial charge in [-0.15, -0.1) is 0 Å². The van der Waals surface area contributed by atoms with E-state index in [2.05, 4.69) is 19.9 Å². The van der Waals surface area contributed by atoms with E-state index in [1.165, 1.54) is 12.0 Å². The molecule has 0 radical (unpaired) electrons. The van der Waals surface area contributed by atoms with Crippen molar-refractivity contribution >= 4 is 5.91 Å². The zero-order valence-corrected chi connectivity index (χ0v) is 11.9. The van der Waals surface area contributed by atoms with Crippen LogP contribution in [0.1, 0.15) is 38.7 Å². The molecule has 0 bridgehead atoms. The third kappa shape index (κ3) is 3.72. The van der Waals surface area contributed by atoms with Gasteiger partial charge in [0.2, 0.25) is 0 Å². The monoisotopic (exact) mass is 261 g/mol. The van der Waals surface area contributed by atoms with Gasteiger partial charge in [-0.3, -0.25) is 4.79 Å². The van der Waals surface area contributed by atoms with Crippen LogP contribution in [0.3, 0.4) is 0 Å². The first-order chi connectivity index (χ1) is 9.20. The summed E-state index contributed by atoms with van der Waals surface area (Å²) in [5, 5.41) is 0. The van der Waals surface area contributed by atoms with Gasteiger partial charge in [0.25, 0.3) is 5.91 Å². The zero-order valence-electron chi connectivity index (χ0n) is 11.9. The number of piperidine rings is 1. The van der Waals surface area contributed by atoms with Crippen LogP contribution in [0.15, 0.2) is 24.3 Å². The normalized spacial score (nSPS) is 19.3. The van der Waals surface area contributed by atoms with Crippen LogP contribution in [0.2, 0.25) is 0 Å². The summed E-state index contributed by atoms with van der Waals surface area (Å²) in [6, 6.07) is 8.31. The van der Waals surface area contributed by atoms with Crippen LogP contribution >= 0.6 is 0 Å². The van der Waals surface area contributed by atoms with Crippen molar-refractivity contribution in [3.8, 4) is 5.75 Å². The minimum atomic E-state index is 0.106. The summed E-state index contributed by atoms with van der Waals surface area (Å²) in [5.74, 6) is 0.895. The molecule has 1 aliphatic heterocycles. The lowest BCUT2D eigenvalue weighted by molar-refractivity contribution is -0.136. The number of hydrogen-bond donors (Lipinski definition) is 0. The Bertz CT molecular complexity index is 431. The van der Waals surface area contributed by atoms with Crippen molar-refractivity contribution in [1.82, 2.24) is 4.90 Å². The summed E-state index contributed by atoms with van der Waals surface area (Å²) in [6.45, 7) is 5.25. The molecule has 0 saturated carbocycles. The van der Waals surface area contributed by atoms with Crippen molar-refractivity contribution in [3.05, 3.63) is 29.8 Å². The van der Waals surface area contributed by atoms with Crippen molar-refractivity contribution in [2.75, 3.05) is 13.2 Å². The quantitative estimate of drug-likeness (QED) is 0.833. The van der Waals surface area contributed by atoms with Crippen LogP contribution in [0.25, 0.3) is 0 Å². The van der Waals surface area contributed by atoms with Crippen molar-refractivity contribution in [1.29, 1.82) is 0 Å². The van der Waals surface area contributed by atoms with Gasteiger partial charge < -0.3 is 9.64 Å². The molecule has 1 amide bonds. The predicted molar refractivity (Wildman–Crippen MR) is 76.3 cm³/mol. The lowest BCUT2D eigenvalue weighted by Gasteiger charge is -2.33. The molecule has 1 aromatic carbocycles. The maximum atomic E-state index is 12.1. The SMILES string of the molecule is CCc1cccc(OCC(=O)N2CCCCC2C)c1. The Balaban J connectivity index is 1.88. The van der Waals surface area contributed by atoms with Crippen LogP contribution in [0, 0.1) is 0 Å². The molecule has 1 aliphatic rings. The fourth-order valence-electron chi connectivity index (χ4n) is 2.55. The highest BCUT2D eigenvalue weighted by atomic mass is 16.5. The molecule has 0 aromatic heterocycles. The van der Waals surface area contributed by atoms with Gasteiger partial charge in [0.15, 0.2) is 6.61 Å². The van der Waals surface area contributed by atoms with E-state index >= 15 is 0 Å². The standard InChI is InChI=1S/C16H23NO2/c1-3-14-8-6-9-15(11-14)19-12-16(18)17-10-5-4-7-13(17)2/h6,8-9,11,13H,3-5,7,10,12H2,1-2H3. The van der Waals surface area contributed by atoms with E-state index in [9.17, 15) is 4.79 Å². The van der Waals surface area contributed by atoms with Gasteiger partial charge >= 0.3 is 0 Å². The number of carbonyl (C=O) groups excluding carboxylic acids is 1. The minimum Gasteiger partial charge on any atom is -0.484 e. The van der Waals surface area contributed by atoms with Crippen LogP contribution in [-0.2, 0) is 11.2 Å². The summed E-state index contributed by atoms with van der Waals surface area (Å²) in [6.07, 6.45) is 4.43. The topological polar surface area (TPSA) is 29.5 Å². The number of nitrogens with zero attached hydrogens (tertiary/aromatic N) is 1. The first-order valence-electron chi connectivity index (χ1n) is 7.22. The lowest BCUT2D eigenvalue weighted by Crippen LogP contribution is -2.44. The van der Waals surface area contributed by atoms with E-state index < -0.39 is 0 Å². The molecule has 2 rings (SSSR count). The molecule has 104 valence electrons. The largest absolute Gasteiger partial charge is 0.484 e. The van der Waals surface area contributed by atoms with Crippen molar-refractivity contribution < 1.29 is 9.53 Å². The Morgan fingerprint density at radius 3 is 3.00 bits per heavy atom. The Morgan fingerprint density at radius 1 is 1.42 bits per heavy atom. The van der Waals surface area contributed by atoms with E-state index in [4.69, 9.17) is 4.74 Å². The summed E-state index contributed by atoms with van der Waals surface area (Å²) in [5.41, 5.74) is 1.23.